The number of nitrogens with zero attached hydrogens (tertiary/aromatic N) is 1. The van der Waals surface area contributed by atoms with Gasteiger partial charge in [-0.1, -0.05) is 39.0 Å². The van der Waals surface area contributed by atoms with E-state index in [2.05, 4.69) is 17.1 Å². The lowest BCUT2D eigenvalue weighted by Gasteiger charge is -2.44. The van der Waals surface area contributed by atoms with Crippen LogP contribution in [-0.2, 0) is 0 Å². The lowest BCUT2D eigenvalue weighted by Crippen LogP contribution is -2.53. The summed E-state index contributed by atoms with van der Waals surface area (Å²) >= 11 is 0. The summed E-state index contributed by atoms with van der Waals surface area (Å²) in [6, 6.07) is 0.742. The Kier molecular flexibility index (Phi) is 5.99. The molecule has 19 heavy (non-hydrogen) atoms. The van der Waals surface area contributed by atoms with Crippen molar-refractivity contribution in [1.82, 2.24) is 10.2 Å². The van der Waals surface area contributed by atoms with Crippen LogP contribution < -0.4 is 5.32 Å². The van der Waals surface area contributed by atoms with Crippen LogP contribution in [-0.4, -0.2) is 30.1 Å². The Morgan fingerprint density at radius 1 is 1.11 bits per heavy atom. The van der Waals surface area contributed by atoms with Gasteiger partial charge in [0.15, 0.2) is 0 Å². The van der Waals surface area contributed by atoms with Crippen molar-refractivity contribution >= 4 is 6.03 Å². The number of urea groups is 1. The van der Waals surface area contributed by atoms with Crippen molar-refractivity contribution in [2.24, 2.45) is 5.92 Å². The zero-order valence-electron chi connectivity index (χ0n) is 12.5. The van der Waals surface area contributed by atoms with E-state index in [9.17, 15) is 4.79 Å². The molecule has 0 aromatic carbocycles. The van der Waals surface area contributed by atoms with Crippen molar-refractivity contribution in [2.45, 2.75) is 77.2 Å². The first-order valence-electron chi connectivity index (χ1n) is 8.37. The van der Waals surface area contributed by atoms with Crippen LogP contribution in [0.1, 0.15) is 71.1 Å². The number of nitrogens with one attached hydrogen (secondary N) is 1. The molecule has 3 nitrogen and oxygen atoms in total. The van der Waals surface area contributed by atoms with Crippen molar-refractivity contribution in [3.05, 3.63) is 0 Å². The van der Waals surface area contributed by atoms with E-state index in [0.29, 0.717) is 6.04 Å². The molecule has 1 N–H and O–H groups in total. The summed E-state index contributed by atoms with van der Waals surface area (Å²) in [5, 5.41) is 3.13. The molecular formula is C16H30N2O. The van der Waals surface area contributed by atoms with Gasteiger partial charge < -0.3 is 10.2 Å². The van der Waals surface area contributed by atoms with E-state index in [1.165, 1.54) is 57.8 Å². The molecule has 2 fully saturated rings. The molecule has 2 rings (SSSR count). The maximum atomic E-state index is 12.3. The molecular weight excluding hydrogens is 236 g/mol. The second-order valence-electron chi connectivity index (χ2n) is 6.24. The molecule has 2 amide bonds. The van der Waals surface area contributed by atoms with Crippen LogP contribution in [0.25, 0.3) is 0 Å². The minimum atomic E-state index is 0.202. The van der Waals surface area contributed by atoms with Crippen LogP contribution in [0.15, 0.2) is 0 Å². The zero-order chi connectivity index (χ0) is 13.5. The molecule has 0 aromatic heterocycles. The van der Waals surface area contributed by atoms with Gasteiger partial charge in [-0.25, -0.2) is 4.79 Å². The molecule has 1 aliphatic heterocycles. The fraction of sp³-hybridized carbons (Fsp3) is 0.938. The highest BCUT2D eigenvalue weighted by Crippen LogP contribution is 2.35. The summed E-state index contributed by atoms with van der Waals surface area (Å²) in [6.07, 6.45) is 12.7. The highest BCUT2D eigenvalue weighted by Gasteiger charge is 2.35. The SMILES string of the molecule is CCCCCCNC(=O)N1CCC[C@H]2CCCC[C@H]21. The van der Waals surface area contributed by atoms with E-state index in [1.807, 2.05) is 0 Å². The third-order valence-corrected chi connectivity index (χ3v) is 4.81. The Morgan fingerprint density at radius 3 is 2.74 bits per heavy atom. The van der Waals surface area contributed by atoms with Gasteiger partial charge >= 0.3 is 6.03 Å². The maximum Gasteiger partial charge on any atom is 0.317 e. The Balaban J connectivity index is 1.74. The number of unbranched alkanes of at least 4 members (excludes halogenated alkanes) is 3. The molecule has 0 radical (unpaired) electrons. The largest absolute Gasteiger partial charge is 0.338 e. The van der Waals surface area contributed by atoms with E-state index in [4.69, 9.17) is 0 Å². The number of likely N-dealkylation sites (tertiary alicyclic amines) is 1. The second kappa shape index (κ2) is 7.76. The van der Waals surface area contributed by atoms with Gasteiger partial charge in [0, 0.05) is 19.1 Å². The van der Waals surface area contributed by atoms with Gasteiger partial charge in [0.25, 0.3) is 0 Å². The monoisotopic (exact) mass is 266 g/mol. The average Bonchev–Trinajstić information content (AvgIpc) is 2.46. The number of piperidine rings is 1. The molecule has 1 saturated heterocycles. The predicted octanol–water partition coefficient (Wildman–Crippen LogP) is 3.93. The van der Waals surface area contributed by atoms with Crippen LogP contribution in [0, 0.1) is 5.92 Å². The minimum Gasteiger partial charge on any atom is -0.338 e. The Morgan fingerprint density at radius 2 is 1.89 bits per heavy atom. The molecule has 110 valence electrons. The van der Waals surface area contributed by atoms with Crippen molar-refractivity contribution in [3.8, 4) is 0 Å². The number of carbonyl (C=O) groups excluding carboxylic acids is 1. The first-order valence-corrected chi connectivity index (χ1v) is 8.37. The van der Waals surface area contributed by atoms with E-state index in [-0.39, 0.29) is 6.03 Å². The molecule has 0 spiro atoms. The van der Waals surface area contributed by atoms with Crippen LogP contribution in [0.5, 0.6) is 0 Å². The topological polar surface area (TPSA) is 32.3 Å². The number of rotatable bonds is 5. The average molecular weight is 266 g/mol. The van der Waals surface area contributed by atoms with Gasteiger partial charge in [-0.3, -0.25) is 0 Å². The normalized spacial score (nSPS) is 26.9. The quantitative estimate of drug-likeness (QED) is 0.751. The van der Waals surface area contributed by atoms with Crippen LogP contribution in [0.2, 0.25) is 0 Å². The first-order chi connectivity index (χ1) is 9.33. The summed E-state index contributed by atoms with van der Waals surface area (Å²) in [5.41, 5.74) is 0. The lowest BCUT2D eigenvalue weighted by atomic mass is 9.78. The molecule has 1 heterocycles. The van der Waals surface area contributed by atoms with Crippen molar-refractivity contribution in [2.75, 3.05) is 13.1 Å². The molecule has 0 unspecified atom stereocenters. The van der Waals surface area contributed by atoms with E-state index in [0.717, 1.165) is 25.4 Å². The summed E-state index contributed by atoms with van der Waals surface area (Å²) in [5.74, 6) is 0.786. The number of fused-ring (bicyclic) bond motifs is 1. The van der Waals surface area contributed by atoms with Crippen LogP contribution in [0.4, 0.5) is 4.79 Å². The summed E-state index contributed by atoms with van der Waals surface area (Å²) < 4.78 is 0. The van der Waals surface area contributed by atoms with E-state index < -0.39 is 0 Å². The van der Waals surface area contributed by atoms with Gasteiger partial charge in [-0.15, -0.1) is 0 Å². The Bertz CT molecular complexity index is 278. The summed E-state index contributed by atoms with van der Waals surface area (Å²) in [6.45, 7) is 4.05. The summed E-state index contributed by atoms with van der Waals surface area (Å²) in [7, 11) is 0. The number of hydrogen-bond donors (Lipinski definition) is 1. The van der Waals surface area contributed by atoms with Gasteiger partial charge in [0.1, 0.15) is 0 Å². The molecule has 0 aromatic rings. The highest BCUT2D eigenvalue weighted by atomic mass is 16.2. The van der Waals surface area contributed by atoms with Crippen molar-refractivity contribution < 1.29 is 4.79 Å². The lowest BCUT2D eigenvalue weighted by molar-refractivity contribution is 0.0842. The number of amides is 2. The maximum absolute atomic E-state index is 12.3. The fourth-order valence-corrected chi connectivity index (χ4v) is 3.73. The van der Waals surface area contributed by atoms with Gasteiger partial charge in [0.05, 0.1) is 0 Å². The first kappa shape index (κ1) is 14.7. The van der Waals surface area contributed by atoms with Gasteiger partial charge in [-0.05, 0) is 38.0 Å². The predicted molar refractivity (Wildman–Crippen MR) is 79.2 cm³/mol. The van der Waals surface area contributed by atoms with Crippen molar-refractivity contribution in [1.29, 1.82) is 0 Å². The van der Waals surface area contributed by atoms with Gasteiger partial charge in [-0.2, -0.15) is 0 Å². The minimum absolute atomic E-state index is 0.202. The molecule has 1 saturated carbocycles. The smallest absolute Gasteiger partial charge is 0.317 e. The Labute approximate surface area is 118 Å². The zero-order valence-corrected chi connectivity index (χ0v) is 12.5. The molecule has 1 aliphatic carbocycles. The van der Waals surface area contributed by atoms with E-state index in [1.54, 1.807) is 0 Å². The summed E-state index contributed by atoms with van der Waals surface area (Å²) in [4.78, 5) is 14.4. The number of carbonyl (C=O) groups is 1. The second-order valence-corrected chi connectivity index (χ2v) is 6.24. The van der Waals surface area contributed by atoms with Crippen molar-refractivity contribution in [3.63, 3.8) is 0 Å². The highest BCUT2D eigenvalue weighted by molar-refractivity contribution is 5.74. The third kappa shape index (κ3) is 4.12. The van der Waals surface area contributed by atoms with Crippen LogP contribution in [0.3, 0.4) is 0 Å². The van der Waals surface area contributed by atoms with Crippen LogP contribution >= 0.6 is 0 Å². The fourth-order valence-electron chi connectivity index (χ4n) is 3.73. The molecule has 2 atom stereocenters. The molecule has 2 aliphatic rings. The molecule has 0 bridgehead atoms. The van der Waals surface area contributed by atoms with E-state index >= 15 is 0 Å². The Hall–Kier alpha value is -0.730. The molecule has 3 heteroatoms. The number of hydrogen-bond acceptors (Lipinski definition) is 1. The standard InChI is InChI=1S/C16H30N2O/c1-2-3-4-7-12-17-16(19)18-13-8-10-14-9-5-6-11-15(14)18/h14-15H,2-13H2,1H3,(H,17,19)/t14-,15-/m1/s1. The van der Waals surface area contributed by atoms with Gasteiger partial charge in [0.2, 0.25) is 0 Å². The third-order valence-electron chi connectivity index (χ3n) is 4.81.